The fraction of sp³-hybridized carbons (Fsp3) is 0.143. The van der Waals surface area contributed by atoms with Gasteiger partial charge in [-0.05, 0) is 54.4 Å². The van der Waals surface area contributed by atoms with Gasteiger partial charge in [-0.1, -0.05) is 18.2 Å². The van der Waals surface area contributed by atoms with E-state index in [1.807, 2.05) is 31.2 Å². The van der Waals surface area contributed by atoms with Gasteiger partial charge in [0.25, 0.3) is 5.91 Å². The summed E-state index contributed by atoms with van der Waals surface area (Å²) in [5.41, 5.74) is 3.21. The van der Waals surface area contributed by atoms with E-state index in [-0.39, 0.29) is 11.6 Å². The maximum Gasteiger partial charge on any atom is 0.416 e. The molecule has 0 fully saturated rings. The van der Waals surface area contributed by atoms with Crippen LogP contribution in [-0.4, -0.2) is 38.4 Å². The molecule has 12 heteroatoms. The van der Waals surface area contributed by atoms with Gasteiger partial charge in [-0.2, -0.15) is 13.2 Å². The lowest BCUT2D eigenvalue weighted by Gasteiger charge is -2.14. The molecule has 3 aromatic carbocycles. The number of hydrogen-bond donors (Lipinski definition) is 2. The molecule has 0 radical (unpaired) electrons. The zero-order valence-corrected chi connectivity index (χ0v) is 21.2. The van der Waals surface area contributed by atoms with Crippen LogP contribution in [0.25, 0.3) is 32.9 Å². The predicted molar refractivity (Wildman–Crippen MR) is 143 cm³/mol. The van der Waals surface area contributed by atoms with Crippen LogP contribution in [0.1, 0.15) is 18.1 Å². The summed E-state index contributed by atoms with van der Waals surface area (Å²) in [6, 6.07) is 14.1. The fourth-order valence-electron chi connectivity index (χ4n) is 4.18. The molecule has 0 aliphatic heterocycles. The molecule has 0 saturated heterocycles. The van der Waals surface area contributed by atoms with E-state index in [1.165, 1.54) is 25.4 Å². The normalized spacial score (nSPS) is 11.4. The third-order valence-corrected chi connectivity index (χ3v) is 5.99. The van der Waals surface area contributed by atoms with Crippen LogP contribution < -0.4 is 10.6 Å². The number of anilines is 3. The highest BCUT2D eigenvalue weighted by Crippen LogP contribution is 2.36. The van der Waals surface area contributed by atoms with Gasteiger partial charge in [0.15, 0.2) is 6.61 Å². The van der Waals surface area contributed by atoms with Crippen molar-refractivity contribution < 1.29 is 27.5 Å². The number of carbonyl (C=O) groups excluding carboxylic acids is 2. The number of carbonyl (C=O) groups is 2. The lowest BCUT2D eigenvalue weighted by molar-refractivity contribution is -0.145. The van der Waals surface area contributed by atoms with E-state index in [2.05, 4.69) is 35.3 Å². The van der Waals surface area contributed by atoms with Crippen molar-refractivity contribution in [1.82, 2.24) is 19.9 Å². The first-order valence-electron chi connectivity index (χ1n) is 12.0. The Balaban J connectivity index is 1.48. The number of rotatable bonds is 6. The van der Waals surface area contributed by atoms with Gasteiger partial charge in [-0.3, -0.25) is 14.9 Å². The summed E-state index contributed by atoms with van der Waals surface area (Å²) < 4.78 is 44.3. The van der Waals surface area contributed by atoms with Crippen LogP contribution in [0.2, 0.25) is 0 Å². The largest absolute Gasteiger partial charge is 0.456 e. The average Bonchev–Trinajstić information content (AvgIpc) is 2.91. The summed E-state index contributed by atoms with van der Waals surface area (Å²) in [7, 11) is 0. The molecule has 0 unspecified atom stereocenters. The molecule has 2 aromatic heterocycles. The van der Waals surface area contributed by atoms with Crippen molar-refractivity contribution >= 4 is 51.1 Å². The van der Waals surface area contributed by atoms with Gasteiger partial charge in [0.05, 0.1) is 16.6 Å². The Morgan fingerprint density at radius 2 is 1.82 bits per heavy atom. The lowest BCUT2D eigenvalue weighted by Crippen LogP contribution is -2.21. The van der Waals surface area contributed by atoms with Gasteiger partial charge >= 0.3 is 12.1 Å². The zero-order valence-electron chi connectivity index (χ0n) is 21.2. The minimum atomic E-state index is -4.47. The first-order valence-corrected chi connectivity index (χ1v) is 12.0. The summed E-state index contributed by atoms with van der Waals surface area (Å²) >= 11 is 0. The molecule has 0 bridgehead atoms. The number of ether oxygens (including phenoxy) is 1. The van der Waals surface area contributed by atoms with Crippen LogP contribution in [0.15, 0.2) is 67.1 Å². The van der Waals surface area contributed by atoms with Crippen molar-refractivity contribution in [2.75, 3.05) is 17.2 Å². The summed E-state index contributed by atoms with van der Waals surface area (Å²) in [6.45, 7) is 2.69. The highest BCUT2D eigenvalue weighted by atomic mass is 19.4. The van der Waals surface area contributed by atoms with E-state index >= 15 is 0 Å². The highest BCUT2D eigenvalue weighted by molar-refractivity contribution is 6.02. The maximum absolute atomic E-state index is 13.2. The van der Waals surface area contributed by atoms with E-state index < -0.39 is 30.2 Å². The van der Waals surface area contributed by atoms with Gasteiger partial charge in [-0.15, -0.1) is 0 Å². The summed E-state index contributed by atoms with van der Waals surface area (Å²) in [6.07, 6.45) is -1.55. The van der Waals surface area contributed by atoms with Gasteiger partial charge < -0.3 is 10.1 Å². The van der Waals surface area contributed by atoms with Crippen LogP contribution in [0, 0.1) is 6.92 Å². The quantitative estimate of drug-likeness (QED) is 0.256. The van der Waals surface area contributed by atoms with E-state index in [0.717, 1.165) is 28.8 Å². The Morgan fingerprint density at radius 1 is 1.00 bits per heavy atom. The van der Waals surface area contributed by atoms with Crippen molar-refractivity contribution in [3.8, 4) is 11.1 Å². The van der Waals surface area contributed by atoms with E-state index in [4.69, 9.17) is 0 Å². The third kappa shape index (κ3) is 5.65. The molecule has 1 amide bonds. The molecular weight excluding hydrogens is 525 g/mol. The highest BCUT2D eigenvalue weighted by Gasteiger charge is 2.30. The molecule has 0 saturated carbocycles. The number of amides is 1. The maximum atomic E-state index is 13.2. The first kappa shape index (κ1) is 26.5. The molecule has 2 N–H and O–H groups in total. The standard InChI is InChI=1S/C28H21F3N6O3/c1-15-6-8-21-25(33-14-34-26(21)35-20-5-3-4-19(11-20)28(29,30)31)24(15)17-7-9-22-18(10-17)12-32-27(36-22)37-23(39)13-40-16(2)38/h3-12,14H,13H2,1-2H3,(H,33,34,35)(H,32,36,37,39). The number of esters is 1. The number of aryl methyl sites for hydroxylation is 1. The van der Waals surface area contributed by atoms with Gasteiger partial charge in [-0.25, -0.2) is 19.9 Å². The molecule has 40 heavy (non-hydrogen) atoms. The molecule has 0 spiro atoms. The second kappa shape index (κ2) is 10.6. The molecule has 5 aromatic rings. The minimum absolute atomic E-state index is 0.0665. The molecule has 202 valence electrons. The number of hydrogen-bond acceptors (Lipinski definition) is 8. The van der Waals surface area contributed by atoms with Crippen molar-refractivity contribution in [2.24, 2.45) is 0 Å². The molecule has 9 nitrogen and oxygen atoms in total. The zero-order chi connectivity index (χ0) is 28.4. The van der Waals surface area contributed by atoms with E-state index in [9.17, 15) is 22.8 Å². The van der Waals surface area contributed by atoms with E-state index in [1.54, 1.807) is 12.3 Å². The Labute approximate surface area is 225 Å². The second-order valence-electron chi connectivity index (χ2n) is 8.88. The van der Waals surface area contributed by atoms with Crippen LogP contribution in [0.5, 0.6) is 0 Å². The number of fused-ring (bicyclic) bond motifs is 2. The van der Waals surface area contributed by atoms with Crippen LogP contribution in [-0.2, 0) is 20.5 Å². The number of alkyl halides is 3. The number of nitrogens with zero attached hydrogens (tertiary/aromatic N) is 4. The molecule has 0 aliphatic rings. The van der Waals surface area contributed by atoms with Crippen LogP contribution >= 0.6 is 0 Å². The first-order chi connectivity index (χ1) is 19.1. The second-order valence-corrected chi connectivity index (χ2v) is 8.88. The smallest absolute Gasteiger partial charge is 0.416 e. The fourth-order valence-corrected chi connectivity index (χ4v) is 4.18. The Morgan fingerprint density at radius 3 is 2.60 bits per heavy atom. The van der Waals surface area contributed by atoms with Crippen molar-refractivity contribution in [2.45, 2.75) is 20.0 Å². The molecule has 0 aliphatic carbocycles. The SMILES string of the molecule is CC(=O)OCC(=O)Nc1ncc2cc(-c3c(C)ccc4c(Nc5cccc(C(F)(F)F)c5)ncnc34)ccc2n1. The monoisotopic (exact) mass is 546 g/mol. The van der Waals surface area contributed by atoms with Gasteiger partial charge in [0, 0.05) is 35.1 Å². The van der Waals surface area contributed by atoms with Crippen LogP contribution in [0.4, 0.5) is 30.6 Å². The molecule has 2 heterocycles. The number of benzene rings is 3. The summed E-state index contributed by atoms with van der Waals surface area (Å²) in [5, 5.41) is 6.80. The summed E-state index contributed by atoms with van der Waals surface area (Å²) in [5.74, 6) is -0.706. The summed E-state index contributed by atoms with van der Waals surface area (Å²) in [4.78, 5) is 40.1. The number of aromatic nitrogens is 4. The third-order valence-electron chi connectivity index (χ3n) is 5.99. The topological polar surface area (TPSA) is 119 Å². The average molecular weight is 547 g/mol. The number of halogens is 3. The lowest BCUT2D eigenvalue weighted by atomic mass is 9.96. The minimum Gasteiger partial charge on any atom is -0.456 e. The van der Waals surface area contributed by atoms with Crippen LogP contribution in [0.3, 0.4) is 0 Å². The Kier molecular flexibility index (Phi) is 6.99. The van der Waals surface area contributed by atoms with Gasteiger partial charge in [0.1, 0.15) is 12.1 Å². The van der Waals surface area contributed by atoms with E-state index in [0.29, 0.717) is 27.6 Å². The van der Waals surface area contributed by atoms with Crippen molar-refractivity contribution in [3.05, 3.63) is 78.2 Å². The molecular formula is C28H21F3N6O3. The Bertz CT molecular complexity index is 1770. The van der Waals surface area contributed by atoms with Crippen molar-refractivity contribution in [1.29, 1.82) is 0 Å². The Hall–Kier alpha value is -5.13. The van der Waals surface area contributed by atoms with Crippen molar-refractivity contribution in [3.63, 3.8) is 0 Å². The molecule has 5 rings (SSSR count). The predicted octanol–water partition coefficient (Wildman–Crippen LogP) is 5.81. The van der Waals surface area contributed by atoms with Gasteiger partial charge in [0.2, 0.25) is 5.95 Å². The molecule has 0 atom stereocenters. The number of nitrogens with one attached hydrogen (secondary N) is 2.